The number of rotatable bonds is 4. The molecule has 3 unspecified atom stereocenters. The predicted molar refractivity (Wildman–Crippen MR) is 83.3 cm³/mol. The van der Waals surface area contributed by atoms with Crippen molar-refractivity contribution in [3.8, 4) is 0 Å². The molecule has 1 amide bonds. The lowest BCUT2D eigenvalue weighted by Crippen LogP contribution is -2.54. The SMILES string of the molecule is CCOC(=O)CC1CC2CCC1CN2C(=O)c1ccccc1. The molecule has 2 saturated heterocycles. The Morgan fingerprint density at radius 1 is 1.23 bits per heavy atom. The average Bonchev–Trinajstić information content (AvgIpc) is 2.56. The number of amides is 1. The number of nitrogens with zero attached hydrogens (tertiary/aromatic N) is 1. The fraction of sp³-hybridized carbons (Fsp3) is 0.556. The van der Waals surface area contributed by atoms with Gasteiger partial charge in [0.15, 0.2) is 0 Å². The van der Waals surface area contributed by atoms with Gasteiger partial charge in [-0.25, -0.2) is 0 Å². The molecule has 2 heterocycles. The summed E-state index contributed by atoms with van der Waals surface area (Å²) >= 11 is 0. The van der Waals surface area contributed by atoms with Gasteiger partial charge in [-0.15, -0.1) is 0 Å². The molecule has 1 aliphatic carbocycles. The quantitative estimate of drug-likeness (QED) is 0.803. The number of benzene rings is 1. The van der Waals surface area contributed by atoms with Crippen LogP contribution in [0.15, 0.2) is 30.3 Å². The molecule has 0 aromatic heterocycles. The summed E-state index contributed by atoms with van der Waals surface area (Å²) in [6.07, 6.45) is 3.61. The molecule has 4 heteroatoms. The first kappa shape index (κ1) is 15.1. The number of carbonyl (C=O) groups excluding carboxylic acids is 2. The van der Waals surface area contributed by atoms with Gasteiger partial charge in [0.25, 0.3) is 5.91 Å². The third-order valence-corrected chi connectivity index (χ3v) is 5.00. The summed E-state index contributed by atoms with van der Waals surface area (Å²) in [6.45, 7) is 3.06. The van der Waals surface area contributed by atoms with Crippen LogP contribution in [0.25, 0.3) is 0 Å². The molecule has 1 aromatic rings. The molecule has 118 valence electrons. The van der Waals surface area contributed by atoms with Crippen LogP contribution in [0.4, 0.5) is 0 Å². The van der Waals surface area contributed by atoms with Crippen LogP contribution in [0.3, 0.4) is 0 Å². The Labute approximate surface area is 131 Å². The Balaban J connectivity index is 1.65. The van der Waals surface area contributed by atoms with Crippen LogP contribution < -0.4 is 0 Å². The molecule has 4 rings (SSSR count). The summed E-state index contributed by atoms with van der Waals surface area (Å²) < 4.78 is 5.08. The molecule has 1 saturated carbocycles. The minimum absolute atomic E-state index is 0.0963. The topological polar surface area (TPSA) is 46.6 Å². The zero-order valence-corrected chi connectivity index (χ0v) is 13.0. The highest BCUT2D eigenvalue weighted by Gasteiger charge is 2.43. The first-order valence-corrected chi connectivity index (χ1v) is 8.20. The van der Waals surface area contributed by atoms with Gasteiger partial charge in [0.1, 0.15) is 0 Å². The summed E-state index contributed by atoms with van der Waals surface area (Å²) in [5, 5.41) is 0. The summed E-state index contributed by atoms with van der Waals surface area (Å²) in [5.74, 6) is 0.838. The first-order chi connectivity index (χ1) is 10.7. The first-order valence-electron chi connectivity index (χ1n) is 8.20. The van der Waals surface area contributed by atoms with Gasteiger partial charge in [0.05, 0.1) is 6.61 Å². The van der Waals surface area contributed by atoms with Crippen molar-refractivity contribution >= 4 is 11.9 Å². The van der Waals surface area contributed by atoms with Crippen LogP contribution in [0.5, 0.6) is 0 Å². The minimum Gasteiger partial charge on any atom is -0.466 e. The van der Waals surface area contributed by atoms with Gasteiger partial charge in [-0.1, -0.05) is 18.2 Å². The highest BCUT2D eigenvalue weighted by Crippen LogP contribution is 2.41. The molecule has 3 aliphatic rings. The van der Waals surface area contributed by atoms with Crippen LogP contribution in [-0.4, -0.2) is 36.0 Å². The van der Waals surface area contributed by atoms with Crippen molar-refractivity contribution in [2.24, 2.45) is 11.8 Å². The van der Waals surface area contributed by atoms with Crippen molar-refractivity contribution < 1.29 is 14.3 Å². The molecular weight excluding hydrogens is 278 g/mol. The van der Waals surface area contributed by atoms with E-state index in [-0.39, 0.29) is 17.9 Å². The lowest BCUT2D eigenvalue weighted by atomic mass is 9.70. The van der Waals surface area contributed by atoms with E-state index in [1.807, 2.05) is 42.2 Å². The van der Waals surface area contributed by atoms with Crippen LogP contribution in [0, 0.1) is 11.8 Å². The number of hydrogen-bond donors (Lipinski definition) is 0. The molecule has 0 N–H and O–H groups in total. The molecule has 0 radical (unpaired) electrons. The standard InChI is InChI=1S/C18H23NO3/c1-2-22-17(20)11-15-10-16-9-8-14(15)12-19(16)18(21)13-6-4-3-5-7-13/h3-7,14-16H,2,8-12H2,1H3. The molecule has 4 nitrogen and oxygen atoms in total. The maximum Gasteiger partial charge on any atom is 0.306 e. The van der Waals surface area contributed by atoms with E-state index in [1.54, 1.807) is 0 Å². The highest BCUT2D eigenvalue weighted by atomic mass is 16.5. The number of fused-ring (bicyclic) bond motifs is 3. The lowest BCUT2D eigenvalue weighted by molar-refractivity contribution is -0.145. The van der Waals surface area contributed by atoms with Crippen LogP contribution in [0.2, 0.25) is 0 Å². The minimum atomic E-state index is -0.0963. The highest BCUT2D eigenvalue weighted by molar-refractivity contribution is 5.94. The number of carbonyl (C=O) groups is 2. The van der Waals surface area contributed by atoms with Gasteiger partial charge in [-0.3, -0.25) is 9.59 Å². The van der Waals surface area contributed by atoms with Crippen molar-refractivity contribution in [1.29, 1.82) is 0 Å². The lowest BCUT2D eigenvalue weighted by Gasteiger charge is -2.49. The zero-order chi connectivity index (χ0) is 15.5. The second-order valence-electron chi connectivity index (χ2n) is 6.32. The molecule has 3 fully saturated rings. The number of esters is 1. The zero-order valence-electron chi connectivity index (χ0n) is 13.0. The van der Waals surface area contributed by atoms with E-state index in [1.165, 1.54) is 0 Å². The average molecular weight is 301 g/mol. The molecule has 3 atom stereocenters. The van der Waals surface area contributed by atoms with Crippen molar-refractivity contribution in [2.45, 2.75) is 38.6 Å². The van der Waals surface area contributed by atoms with E-state index >= 15 is 0 Å². The van der Waals surface area contributed by atoms with Crippen molar-refractivity contribution in [3.05, 3.63) is 35.9 Å². The molecular formula is C18H23NO3. The molecule has 22 heavy (non-hydrogen) atoms. The van der Waals surface area contributed by atoms with Gasteiger partial charge in [-0.2, -0.15) is 0 Å². The predicted octanol–water partition coefficient (Wildman–Crippen LogP) is 2.88. The van der Waals surface area contributed by atoms with E-state index in [0.717, 1.165) is 31.4 Å². The maximum absolute atomic E-state index is 12.7. The van der Waals surface area contributed by atoms with Crippen LogP contribution in [-0.2, 0) is 9.53 Å². The Morgan fingerprint density at radius 3 is 2.64 bits per heavy atom. The Morgan fingerprint density at radius 2 is 2.00 bits per heavy atom. The smallest absolute Gasteiger partial charge is 0.306 e. The van der Waals surface area contributed by atoms with Gasteiger partial charge in [0, 0.05) is 24.6 Å². The van der Waals surface area contributed by atoms with E-state index in [9.17, 15) is 9.59 Å². The number of piperidine rings is 2. The number of hydrogen-bond acceptors (Lipinski definition) is 3. The fourth-order valence-corrected chi connectivity index (χ4v) is 3.91. The van der Waals surface area contributed by atoms with E-state index in [4.69, 9.17) is 4.74 Å². The van der Waals surface area contributed by atoms with Crippen LogP contribution in [0.1, 0.15) is 43.0 Å². The molecule has 2 aliphatic heterocycles. The van der Waals surface area contributed by atoms with E-state index < -0.39 is 0 Å². The van der Waals surface area contributed by atoms with Crippen molar-refractivity contribution in [2.75, 3.05) is 13.2 Å². The Kier molecular flexibility index (Phi) is 4.46. The Hall–Kier alpha value is -1.84. The summed E-state index contributed by atoms with van der Waals surface area (Å²) in [5.41, 5.74) is 0.761. The van der Waals surface area contributed by atoms with Crippen molar-refractivity contribution in [1.82, 2.24) is 4.90 Å². The maximum atomic E-state index is 12.7. The molecule has 2 bridgehead atoms. The van der Waals surface area contributed by atoms with Gasteiger partial charge < -0.3 is 9.64 Å². The normalized spacial score (nSPS) is 26.8. The fourth-order valence-electron chi connectivity index (χ4n) is 3.91. The summed E-state index contributed by atoms with van der Waals surface area (Å²) in [6, 6.07) is 9.76. The Bertz CT molecular complexity index is 543. The van der Waals surface area contributed by atoms with Crippen LogP contribution >= 0.6 is 0 Å². The summed E-state index contributed by atoms with van der Waals surface area (Å²) in [7, 11) is 0. The van der Waals surface area contributed by atoms with E-state index in [0.29, 0.717) is 24.9 Å². The molecule has 0 spiro atoms. The van der Waals surface area contributed by atoms with Crippen molar-refractivity contribution in [3.63, 3.8) is 0 Å². The number of ether oxygens (including phenoxy) is 1. The largest absolute Gasteiger partial charge is 0.466 e. The monoisotopic (exact) mass is 301 g/mol. The third-order valence-electron chi connectivity index (χ3n) is 5.00. The second kappa shape index (κ2) is 6.51. The van der Waals surface area contributed by atoms with Gasteiger partial charge in [-0.05, 0) is 50.2 Å². The van der Waals surface area contributed by atoms with E-state index in [2.05, 4.69) is 0 Å². The second-order valence-corrected chi connectivity index (χ2v) is 6.32. The van der Waals surface area contributed by atoms with Gasteiger partial charge >= 0.3 is 5.97 Å². The molecule has 1 aromatic carbocycles. The van der Waals surface area contributed by atoms with Gasteiger partial charge in [0.2, 0.25) is 0 Å². The summed E-state index contributed by atoms with van der Waals surface area (Å²) in [4.78, 5) is 26.4. The third kappa shape index (κ3) is 3.01.